The Labute approximate surface area is 133 Å². The number of carbonyl (C=O) groups excluding carboxylic acids is 2. The SMILES string of the molecule is COC(=O)C(C)CN(CC(C)O)C(=O)c1cccc([N+](=O)[O-])c1. The van der Waals surface area contributed by atoms with Crippen molar-refractivity contribution >= 4 is 17.6 Å². The third-order valence-corrected chi connectivity index (χ3v) is 3.17. The summed E-state index contributed by atoms with van der Waals surface area (Å²) in [5.41, 5.74) is -0.0780. The summed E-state index contributed by atoms with van der Waals surface area (Å²) in [4.78, 5) is 35.6. The molecule has 2 atom stereocenters. The van der Waals surface area contributed by atoms with Gasteiger partial charge in [-0.1, -0.05) is 13.0 Å². The number of amides is 1. The van der Waals surface area contributed by atoms with E-state index in [2.05, 4.69) is 4.74 Å². The van der Waals surface area contributed by atoms with Gasteiger partial charge in [-0.25, -0.2) is 0 Å². The molecule has 0 saturated carbocycles. The van der Waals surface area contributed by atoms with Gasteiger partial charge in [0.05, 0.1) is 24.1 Å². The Hall–Kier alpha value is -2.48. The molecule has 126 valence electrons. The molecule has 0 aliphatic rings. The van der Waals surface area contributed by atoms with Crippen molar-refractivity contribution in [3.8, 4) is 0 Å². The van der Waals surface area contributed by atoms with Crippen LogP contribution >= 0.6 is 0 Å². The number of aliphatic hydroxyl groups is 1. The lowest BCUT2D eigenvalue weighted by molar-refractivity contribution is -0.384. The number of non-ortho nitro benzene ring substituents is 1. The van der Waals surface area contributed by atoms with Crippen LogP contribution in [-0.2, 0) is 9.53 Å². The highest BCUT2D eigenvalue weighted by molar-refractivity contribution is 5.95. The van der Waals surface area contributed by atoms with Gasteiger partial charge in [0.2, 0.25) is 0 Å². The topological polar surface area (TPSA) is 110 Å². The zero-order chi connectivity index (χ0) is 17.6. The van der Waals surface area contributed by atoms with Crippen LogP contribution in [0.4, 0.5) is 5.69 Å². The van der Waals surface area contributed by atoms with E-state index in [1.54, 1.807) is 6.92 Å². The van der Waals surface area contributed by atoms with Crippen LogP contribution in [0.3, 0.4) is 0 Å². The van der Waals surface area contributed by atoms with E-state index < -0.39 is 28.8 Å². The minimum absolute atomic E-state index is 0.00284. The van der Waals surface area contributed by atoms with Gasteiger partial charge in [-0.2, -0.15) is 0 Å². The molecule has 8 nitrogen and oxygen atoms in total. The van der Waals surface area contributed by atoms with Crippen molar-refractivity contribution in [1.29, 1.82) is 0 Å². The zero-order valence-corrected chi connectivity index (χ0v) is 13.3. The van der Waals surface area contributed by atoms with Crippen LogP contribution in [0.2, 0.25) is 0 Å². The fourth-order valence-electron chi connectivity index (χ4n) is 2.10. The Morgan fingerprint density at radius 3 is 2.52 bits per heavy atom. The van der Waals surface area contributed by atoms with Gasteiger partial charge < -0.3 is 14.7 Å². The van der Waals surface area contributed by atoms with Crippen LogP contribution < -0.4 is 0 Å². The summed E-state index contributed by atoms with van der Waals surface area (Å²) in [7, 11) is 1.25. The van der Waals surface area contributed by atoms with Gasteiger partial charge in [0.1, 0.15) is 0 Å². The predicted molar refractivity (Wildman–Crippen MR) is 81.9 cm³/mol. The minimum atomic E-state index is -0.803. The highest BCUT2D eigenvalue weighted by Crippen LogP contribution is 2.16. The molecule has 0 bridgehead atoms. The normalized spacial score (nSPS) is 13.0. The number of hydrogen-bond donors (Lipinski definition) is 1. The molecule has 2 unspecified atom stereocenters. The van der Waals surface area contributed by atoms with E-state index in [1.165, 1.54) is 43.2 Å². The summed E-state index contributed by atoms with van der Waals surface area (Å²) in [6, 6.07) is 5.32. The zero-order valence-electron chi connectivity index (χ0n) is 13.3. The smallest absolute Gasteiger partial charge is 0.310 e. The highest BCUT2D eigenvalue weighted by atomic mass is 16.6. The number of carbonyl (C=O) groups is 2. The molecule has 0 aromatic heterocycles. The Balaban J connectivity index is 3.01. The highest BCUT2D eigenvalue weighted by Gasteiger charge is 2.24. The average molecular weight is 324 g/mol. The number of benzene rings is 1. The predicted octanol–water partition coefficient (Wildman–Crippen LogP) is 1.23. The van der Waals surface area contributed by atoms with Crippen molar-refractivity contribution in [1.82, 2.24) is 4.90 Å². The number of ether oxygens (including phenoxy) is 1. The number of aliphatic hydroxyl groups excluding tert-OH is 1. The first kappa shape index (κ1) is 18.6. The van der Waals surface area contributed by atoms with E-state index in [9.17, 15) is 24.8 Å². The van der Waals surface area contributed by atoms with Crippen molar-refractivity contribution in [3.63, 3.8) is 0 Å². The van der Waals surface area contributed by atoms with Crippen LogP contribution in [0.25, 0.3) is 0 Å². The second-order valence-corrected chi connectivity index (χ2v) is 5.29. The first-order valence-electron chi connectivity index (χ1n) is 7.05. The number of nitro groups is 1. The summed E-state index contributed by atoms with van der Waals surface area (Å²) >= 11 is 0. The number of nitro benzene ring substituents is 1. The molecule has 1 rings (SSSR count). The molecule has 0 spiro atoms. The summed E-state index contributed by atoms with van der Waals surface area (Å²) < 4.78 is 4.63. The third kappa shape index (κ3) is 5.33. The van der Waals surface area contributed by atoms with Crippen molar-refractivity contribution in [2.45, 2.75) is 20.0 Å². The Morgan fingerprint density at radius 1 is 1.35 bits per heavy atom. The van der Waals surface area contributed by atoms with E-state index in [1.807, 2.05) is 0 Å². The summed E-state index contributed by atoms with van der Waals surface area (Å²) in [6.45, 7) is 3.15. The van der Waals surface area contributed by atoms with E-state index in [0.29, 0.717) is 0 Å². The molecule has 0 heterocycles. The Kier molecular flexibility index (Phi) is 6.65. The van der Waals surface area contributed by atoms with Crippen LogP contribution in [0, 0.1) is 16.0 Å². The number of rotatable bonds is 7. The van der Waals surface area contributed by atoms with Gasteiger partial charge in [-0.15, -0.1) is 0 Å². The van der Waals surface area contributed by atoms with E-state index in [4.69, 9.17) is 0 Å². The number of hydrogen-bond acceptors (Lipinski definition) is 6. The van der Waals surface area contributed by atoms with Gasteiger partial charge in [-0.3, -0.25) is 19.7 Å². The van der Waals surface area contributed by atoms with Gasteiger partial charge >= 0.3 is 5.97 Å². The molecule has 1 aromatic rings. The monoisotopic (exact) mass is 324 g/mol. The molecule has 1 N–H and O–H groups in total. The van der Waals surface area contributed by atoms with E-state index in [0.717, 1.165) is 0 Å². The second-order valence-electron chi connectivity index (χ2n) is 5.29. The maximum absolute atomic E-state index is 12.5. The largest absolute Gasteiger partial charge is 0.469 e. The standard InChI is InChI=1S/C15H20N2O6/c1-10(15(20)23-3)8-16(9-11(2)18)14(19)12-5-4-6-13(7-12)17(21)22/h4-7,10-11,18H,8-9H2,1-3H3. The molecule has 0 radical (unpaired) electrons. The summed E-state index contributed by atoms with van der Waals surface area (Å²) in [5.74, 6) is -1.56. The van der Waals surface area contributed by atoms with Gasteiger partial charge in [0.25, 0.3) is 11.6 Å². The Morgan fingerprint density at radius 2 is 2.00 bits per heavy atom. The average Bonchev–Trinajstić information content (AvgIpc) is 2.52. The maximum atomic E-state index is 12.5. The van der Waals surface area contributed by atoms with Gasteiger partial charge in [0, 0.05) is 30.8 Å². The lowest BCUT2D eigenvalue weighted by atomic mass is 10.1. The van der Waals surface area contributed by atoms with Crippen LogP contribution in [-0.4, -0.2) is 53.1 Å². The molecular formula is C15H20N2O6. The fraction of sp³-hybridized carbons (Fsp3) is 0.467. The molecule has 1 aromatic carbocycles. The van der Waals surface area contributed by atoms with Crippen molar-refractivity contribution in [2.75, 3.05) is 20.2 Å². The fourth-order valence-corrected chi connectivity index (χ4v) is 2.10. The first-order chi connectivity index (χ1) is 10.8. The molecule has 23 heavy (non-hydrogen) atoms. The lowest BCUT2D eigenvalue weighted by Gasteiger charge is -2.26. The molecule has 0 fully saturated rings. The van der Waals surface area contributed by atoms with E-state index in [-0.39, 0.29) is 24.3 Å². The summed E-state index contributed by atoms with van der Waals surface area (Å²) in [6.07, 6.45) is -0.803. The first-order valence-corrected chi connectivity index (χ1v) is 7.05. The Bertz CT molecular complexity index is 587. The molecule has 0 aliphatic heterocycles. The number of nitrogens with zero attached hydrogens (tertiary/aromatic N) is 2. The van der Waals surface area contributed by atoms with Crippen LogP contribution in [0.5, 0.6) is 0 Å². The maximum Gasteiger partial charge on any atom is 0.310 e. The number of methoxy groups -OCH3 is 1. The summed E-state index contributed by atoms with van der Waals surface area (Å²) in [5, 5.41) is 20.4. The molecule has 0 saturated heterocycles. The molecule has 1 amide bonds. The molecule has 8 heteroatoms. The quantitative estimate of drug-likeness (QED) is 0.459. The molecule has 0 aliphatic carbocycles. The van der Waals surface area contributed by atoms with Gasteiger partial charge in [-0.05, 0) is 13.0 Å². The van der Waals surface area contributed by atoms with Crippen LogP contribution in [0.1, 0.15) is 24.2 Å². The van der Waals surface area contributed by atoms with Gasteiger partial charge in [0.15, 0.2) is 0 Å². The molecular weight excluding hydrogens is 304 g/mol. The second kappa shape index (κ2) is 8.23. The third-order valence-electron chi connectivity index (χ3n) is 3.17. The van der Waals surface area contributed by atoms with Crippen molar-refractivity contribution in [3.05, 3.63) is 39.9 Å². The van der Waals surface area contributed by atoms with Crippen molar-refractivity contribution < 1.29 is 24.4 Å². The lowest BCUT2D eigenvalue weighted by Crippen LogP contribution is -2.41. The minimum Gasteiger partial charge on any atom is -0.469 e. The van der Waals surface area contributed by atoms with E-state index >= 15 is 0 Å². The number of esters is 1. The van der Waals surface area contributed by atoms with Crippen molar-refractivity contribution in [2.24, 2.45) is 5.92 Å². The van der Waals surface area contributed by atoms with Crippen LogP contribution in [0.15, 0.2) is 24.3 Å².